The maximum absolute atomic E-state index is 6.24. The molecule has 0 aliphatic carbocycles. The molecule has 0 N–H and O–H groups in total. The molecule has 12 rings (SSSR count). The first-order chi connectivity index (χ1) is 31.2. The van der Waals surface area contributed by atoms with Crippen molar-refractivity contribution >= 4 is 60.9 Å². The van der Waals surface area contributed by atoms with Gasteiger partial charge in [-0.25, -0.2) is 0 Å². The zero-order chi connectivity index (χ0) is 41.7. The van der Waals surface area contributed by atoms with Gasteiger partial charge in [-0.15, -0.1) is 0 Å². The Morgan fingerprint density at radius 2 is 0.571 bits per heavy atom. The Hall–Kier alpha value is -8.40. The van der Waals surface area contributed by atoms with Crippen molar-refractivity contribution in [2.45, 2.75) is 0 Å². The summed E-state index contributed by atoms with van der Waals surface area (Å²) in [6.07, 6.45) is 0. The first-order valence-electron chi connectivity index (χ1n) is 21.4. The zero-order valence-electron chi connectivity index (χ0n) is 34.3. The number of anilines is 3. The lowest BCUT2D eigenvalue weighted by molar-refractivity contribution is 0.668. The molecule has 3 nitrogen and oxygen atoms in total. The smallest absolute Gasteiger partial charge is 0.135 e. The summed E-state index contributed by atoms with van der Waals surface area (Å²) in [7, 11) is 0. The zero-order valence-corrected chi connectivity index (χ0v) is 34.3. The van der Waals surface area contributed by atoms with E-state index in [0.717, 1.165) is 105 Å². The summed E-state index contributed by atoms with van der Waals surface area (Å²) in [5.41, 5.74) is 18.3. The average Bonchev–Trinajstić information content (AvgIpc) is 3.93. The number of nitrogens with zero attached hydrogens (tertiary/aromatic N) is 1. The lowest BCUT2D eigenvalue weighted by Gasteiger charge is -2.26. The van der Waals surface area contributed by atoms with E-state index in [1.165, 1.54) is 11.1 Å². The van der Waals surface area contributed by atoms with Gasteiger partial charge in [0.1, 0.15) is 22.3 Å². The molecule has 0 spiro atoms. The molecule has 12 aromatic rings. The van der Waals surface area contributed by atoms with Gasteiger partial charge in [-0.3, -0.25) is 0 Å². The average molecular weight is 806 g/mol. The van der Waals surface area contributed by atoms with Crippen LogP contribution in [-0.2, 0) is 0 Å². The van der Waals surface area contributed by atoms with Gasteiger partial charge < -0.3 is 13.7 Å². The molecular formula is C60H39NO2. The van der Waals surface area contributed by atoms with Crippen LogP contribution in [0.15, 0.2) is 245 Å². The molecule has 0 aliphatic heterocycles. The molecule has 0 radical (unpaired) electrons. The summed E-state index contributed by atoms with van der Waals surface area (Å²) in [4.78, 5) is 2.33. The van der Waals surface area contributed by atoms with E-state index in [0.29, 0.717) is 0 Å². The van der Waals surface area contributed by atoms with Crippen LogP contribution in [0.5, 0.6) is 0 Å². The number of para-hydroxylation sites is 3. The standard InChI is InChI=1S/C60H39NO2/c1-3-13-40(14-4-1)41-25-29-51(30-26-41)61(50-18-5-2-6-19-50)52-20-12-17-44(37-52)42-15-11-16-43(33-42)47-34-48(45-27-31-59-55(38-45)53-21-7-9-23-57(53)62-59)36-49(35-47)46-28-32-60-56(39-46)54-22-8-10-24-58(54)63-60/h1-39H. The molecule has 0 atom stereocenters. The van der Waals surface area contributed by atoms with Gasteiger partial charge in [-0.2, -0.15) is 0 Å². The summed E-state index contributed by atoms with van der Waals surface area (Å²) in [5, 5.41) is 4.46. The van der Waals surface area contributed by atoms with E-state index >= 15 is 0 Å². The molecule has 296 valence electrons. The number of rotatable bonds is 8. The van der Waals surface area contributed by atoms with Crippen LogP contribution in [0.3, 0.4) is 0 Å². The molecule has 63 heavy (non-hydrogen) atoms. The van der Waals surface area contributed by atoms with Gasteiger partial charge in [0.15, 0.2) is 0 Å². The fourth-order valence-electron chi connectivity index (χ4n) is 9.10. The third kappa shape index (κ3) is 6.73. The van der Waals surface area contributed by atoms with Crippen molar-refractivity contribution in [1.82, 2.24) is 0 Å². The first-order valence-corrected chi connectivity index (χ1v) is 21.4. The maximum Gasteiger partial charge on any atom is 0.135 e. The van der Waals surface area contributed by atoms with Gasteiger partial charge >= 0.3 is 0 Å². The van der Waals surface area contributed by atoms with E-state index in [1.54, 1.807) is 0 Å². The van der Waals surface area contributed by atoms with Crippen molar-refractivity contribution in [3.05, 3.63) is 237 Å². The normalized spacial score (nSPS) is 11.5. The third-order valence-corrected chi connectivity index (χ3v) is 12.2. The van der Waals surface area contributed by atoms with Crippen LogP contribution < -0.4 is 4.90 Å². The Labute approximate surface area is 365 Å². The van der Waals surface area contributed by atoms with Crippen LogP contribution in [0.4, 0.5) is 17.1 Å². The van der Waals surface area contributed by atoms with Crippen molar-refractivity contribution in [2.24, 2.45) is 0 Å². The van der Waals surface area contributed by atoms with E-state index in [4.69, 9.17) is 8.83 Å². The summed E-state index contributed by atoms with van der Waals surface area (Å²) < 4.78 is 12.5. The molecule has 0 aliphatic rings. The van der Waals surface area contributed by atoms with E-state index in [9.17, 15) is 0 Å². The Kier molecular flexibility index (Phi) is 8.83. The van der Waals surface area contributed by atoms with E-state index in [1.807, 2.05) is 24.3 Å². The largest absolute Gasteiger partial charge is 0.456 e. The van der Waals surface area contributed by atoms with Crippen LogP contribution >= 0.6 is 0 Å². The molecule has 0 saturated heterocycles. The highest BCUT2D eigenvalue weighted by Crippen LogP contribution is 2.41. The third-order valence-electron chi connectivity index (χ3n) is 12.2. The van der Waals surface area contributed by atoms with Crippen molar-refractivity contribution in [3.8, 4) is 55.6 Å². The highest BCUT2D eigenvalue weighted by Gasteiger charge is 2.16. The predicted octanol–water partition coefficient (Wildman–Crippen LogP) is 17.3. The van der Waals surface area contributed by atoms with E-state index in [2.05, 4.69) is 217 Å². The van der Waals surface area contributed by atoms with Gasteiger partial charge in [0.05, 0.1) is 0 Å². The maximum atomic E-state index is 6.24. The highest BCUT2D eigenvalue weighted by atomic mass is 16.3. The summed E-state index contributed by atoms with van der Waals surface area (Å²) >= 11 is 0. The number of benzene rings is 10. The van der Waals surface area contributed by atoms with Gasteiger partial charge in [-0.1, -0.05) is 140 Å². The minimum atomic E-state index is 0.888. The molecule has 10 aromatic carbocycles. The fraction of sp³-hybridized carbons (Fsp3) is 0. The number of fused-ring (bicyclic) bond motifs is 6. The second-order valence-electron chi connectivity index (χ2n) is 16.1. The minimum Gasteiger partial charge on any atom is -0.456 e. The minimum absolute atomic E-state index is 0.888. The van der Waals surface area contributed by atoms with Gasteiger partial charge in [0, 0.05) is 38.6 Å². The molecule has 0 unspecified atom stereocenters. The molecule has 0 bridgehead atoms. The van der Waals surface area contributed by atoms with Crippen LogP contribution in [0, 0.1) is 0 Å². The monoisotopic (exact) mass is 805 g/mol. The molecule has 2 heterocycles. The molecule has 0 fully saturated rings. The van der Waals surface area contributed by atoms with Crippen LogP contribution in [-0.4, -0.2) is 0 Å². The van der Waals surface area contributed by atoms with Crippen LogP contribution in [0.1, 0.15) is 0 Å². The molecule has 2 aromatic heterocycles. The Morgan fingerprint density at radius 1 is 0.206 bits per heavy atom. The second-order valence-corrected chi connectivity index (χ2v) is 16.1. The van der Waals surface area contributed by atoms with Gasteiger partial charge in [-0.05, 0) is 153 Å². The first kappa shape index (κ1) is 36.5. The Bertz CT molecular complexity index is 3490. The van der Waals surface area contributed by atoms with Crippen molar-refractivity contribution in [1.29, 1.82) is 0 Å². The molecule has 0 saturated carbocycles. The van der Waals surface area contributed by atoms with Crippen molar-refractivity contribution < 1.29 is 8.83 Å². The second kappa shape index (κ2) is 15.3. The molecular weight excluding hydrogens is 767 g/mol. The van der Waals surface area contributed by atoms with Crippen LogP contribution in [0.25, 0.3) is 99.5 Å². The van der Waals surface area contributed by atoms with Gasteiger partial charge in [0.25, 0.3) is 0 Å². The molecule has 0 amide bonds. The van der Waals surface area contributed by atoms with Crippen molar-refractivity contribution in [3.63, 3.8) is 0 Å². The topological polar surface area (TPSA) is 29.5 Å². The Balaban J connectivity index is 0.966. The van der Waals surface area contributed by atoms with E-state index in [-0.39, 0.29) is 0 Å². The highest BCUT2D eigenvalue weighted by molar-refractivity contribution is 6.08. The summed E-state index contributed by atoms with van der Waals surface area (Å²) in [6, 6.07) is 84.4. The molecule has 3 heteroatoms. The number of hydrogen-bond donors (Lipinski definition) is 0. The quantitative estimate of drug-likeness (QED) is 0.153. The lowest BCUT2D eigenvalue weighted by Crippen LogP contribution is -2.09. The predicted molar refractivity (Wildman–Crippen MR) is 263 cm³/mol. The lowest BCUT2D eigenvalue weighted by atomic mass is 9.91. The van der Waals surface area contributed by atoms with Crippen molar-refractivity contribution in [2.75, 3.05) is 4.90 Å². The summed E-state index contributed by atoms with van der Waals surface area (Å²) in [6.45, 7) is 0. The number of furan rings is 2. The van der Waals surface area contributed by atoms with Crippen LogP contribution in [0.2, 0.25) is 0 Å². The SMILES string of the molecule is c1ccc(-c2ccc(N(c3ccccc3)c3cccc(-c4cccc(-c5cc(-c6ccc7oc8ccccc8c7c6)cc(-c6ccc7oc8ccccc8c7c6)c5)c4)c3)cc2)cc1. The number of hydrogen-bond acceptors (Lipinski definition) is 3. The van der Waals surface area contributed by atoms with E-state index < -0.39 is 0 Å². The fourth-order valence-corrected chi connectivity index (χ4v) is 9.10. The Morgan fingerprint density at radius 3 is 1.16 bits per heavy atom. The van der Waals surface area contributed by atoms with Gasteiger partial charge in [0.2, 0.25) is 0 Å². The summed E-state index contributed by atoms with van der Waals surface area (Å²) in [5.74, 6) is 0.